The summed E-state index contributed by atoms with van der Waals surface area (Å²) in [5.74, 6) is 0.546. The second kappa shape index (κ2) is 13.0. The minimum absolute atomic E-state index is 0.246. The maximum atomic E-state index is 15.5. The van der Waals surface area contributed by atoms with E-state index in [1.165, 1.54) is 12.1 Å². The first-order valence-electron chi connectivity index (χ1n) is 13.1. The molecule has 0 spiro atoms. The number of benzene rings is 3. The zero-order chi connectivity index (χ0) is 27.9. The molecule has 0 aromatic heterocycles. The molecule has 0 atom stereocenters. The molecule has 0 aliphatic carbocycles. The number of hydrogen-bond donors (Lipinski definition) is 0. The molecular formula is C32H34F4O2. The lowest BCUT2D eigenvalue weighted by Crippen LogP contribution is -2.12. The Labute approximate surface area is 223 Å². The molecule has 38 heavy (non-hydrogen) atoms. The summed E-state index contributed by atoms with van der Waals surface area (Å²) in [5.41, 5.74) is 4.40. The molecule has 0 unspecified atom stereocenters. The van der Waals surface area contributed by atoms with Gasteiger partial charge in [0.15, 0.2) is 11.6 Å². The second-order valence-corrected chi connectivity index (χ2v) is 9.00. The zero-order valence-corrected chi connectivity index (χ0v) is 22.4. The lowest BCUT2D eigenvalue weighted by Gasteiger charge is -2.23. The quantitative estimate of drug-likeness (QED) is 0.173. The van der Waals surface area contributed by atoms with E-state index >= 15 is 4.39 Å². The summed E-state index contributed by atoms with van der Waals surface area (Å²) in [6, 6.07) is 12.2. The van der Waals surface area contributed by atoms with E-state index in [2.05, 4.69) is 0 Å². The Kier molecular flexibility index (Phi) is 10.0. The van der Waals surface area contributed by atoms with Gasteiger partial charge in [0.05, 0.1) is 18.8 Å². The molecule has 0 bridgehead atoms. The van der Waals surface area contributed by atoms with Crippen LogP contribution in [0.4, 0.5) is 17.6 Å². The first-order valence-corrected chi connectivity index (χ1v) is 13.1. The largest absolute Gasteiger partial charge is 0.493 e. The first-order chi connectivity index (χ1) is 18.2. The fourth-order valence-corrected chi connectivity index (χ4v) is 4.65. The highest BCUT2D eigenvalue weighted by Gasteiger charge is 2.30. The Morgan fingerprint density at radius 3 is 1.76 bits per heavy atom. The van der Waals surface area contributed by atoms with Crippen molar-refractivity contribution in [3.8, 4) is 22.6 Å². The van der Waals surface area contributed by atoms with E-state index in [1.807, 2.05) is 27.7 Å². The van der Waals surface area contributed by atoms with Crippen LogP contribution in [0.2, 0.25) is 0 Å². The van der Waals surface area contributed by atoms with Gasteiger partial charge in [-0.25, -0.2) is 4.39 Å². The smallest absolute Gasteiger partial charge is 0.416 e. The van der Waals surface area contributed by atoms with Crippen LogP contribution in [0.1, 0.15) is 68.4 Å². The number of halogens is 4. The second-order valence-electron chi connectivity index (χ2n) is 9.00. The molecule has 2 nitrogen and oxygen atoms in total. The van der Waals surface area contributed by atoms with Crippen molar-refractivity contribution in [3.63, 3.8) is 0 Å². The molecule has 3 aromatic rings. The minimum atomic E-state index is -4.36. The first kappa shape index (κ1) is 29.3. The Balaban J connectivity index is 1.63. The van der Waals surface area contributed by atoms with Crippen LogP contribution in [0.3, 0.4) is 0 Å². The molecule has 0 saturated heterocycles. The summed E-state index contributed by atoms with van der Waals surface area (Å²) in [5, 5.41) is 0. The SMILES string of the molecule is [C]=C(CC)c1c(CC)c(CC)c(F)c(OCCCOc2ccc(-c3ccc(C(F)(F)F)cc3)cc2)c1CC. The number of hydrogen-bond acceptors (Lipinski definition) is 2. The van der Waals surface area contributed by atoms with Crippen LogP contribution in [-0.2, 0) is 25.4 Å². The van der Waals surface area contributed by atoms with Crippen molar-refractivity contribution in [3.05, 3.63) is 88.7 Å². The molecule has 2 radical (unpaired) electrons. The van der Waals surface area contributed by atoms with E-state index in [9.17, 15) is 13.2 Å². The van der Waals surface area contributed by atoms with Crippen molar-refractivity contribution in [1.82, 2.24) is 0 Å². The van der Waals surface area contributed by atoms with Crippen molar-refractivity contribution in [2.45, 2.75) is 66.0 Å². The summed E-state index contributed by atoms with van der Waals surface area (Å²) in [6.45, 7) is 16.9. The van der Waals surface area contributed by atoms with Gasteiger partial charge in [-0.05, 0) is 89.9 Å². The molecule has 202 valence electrons. The van der Waals surface area contributed by atoms with E-state index in [-0.39, 0.29) is 18.2 Å². The fourth-order valence-electron chi connectivity index (χ4n) is 4.65. The molecule has 0 amide bonds. The van der Waals surface area contributed by atoms with Gasteiger partial charge in [0.2, 0.25) is 0 Å². The maximum Gasteiger partial charge on any atom is 0.416 e. The van der Waals surface area contributed by atoms with Gasteiger partial charge in [-0.3, -0.25) is 0 Å². The standard InChI is InChI=1S/C32H34F4O2/c1-6-21(5)29-26(7-2)27(8-3)30(33)31(28(29)9-4)38-20-10-19-37-25-17-13-23(14-18-25)22-11-15-24(16-12-22)32(34,35)36/h11-18H,6-10,19-20H2,1-4H3. The number of alkyl halides is 3. The van der Waals surface area contributed by atoms with Crippen LogP contribution in [0, 0.1) is 12.4 Å². The average molecular weight is 527 g/mol. The third-order valence-corrected chi connectivity index (χ3v) is 6.63. The van der Waals surface area contributed by atoms with Crippen LogP contribution >= 0.6 is 0 Å². The van der Waals surface area contributed by atoms with E-state index < -0.39 is 11.7 Å². The van der Waals surface area contributed by atoms with Crippen LogP contribution in [0.5, 0.6) is 11.5 Å². The highest BCUT2D eigenvalue weighted by atomic mass is 19.4. The molecule has 0 fully saturated rings. The highest BCUT2D eigenvalue weighted by molar-refractivity contribution is 5.72. The number of rotatable bonds is 12. The lowest BCUT2D eigenvalue weighted by atomic mass is 9.86. The zero-order valence-electron chi connectivity index (χ0n) is 22.4. The molecule has 6 heteroatoms. The topological polar surface area (TPSA) is 18.5 Å². The van der Waals surface area contributed by atoms with Crippen molar-refractivity contribution in [2.75, 3.05) is 13.2 Å². The Bertz CT molecular complexity index is 1230. The normalized spacial score (nSPS) is 11.5. The Hall–Kier alpha value is -3.28. The van der Waals surface area contributed by atoms with E-state index in [1.54, 1.807) is 24.3 Å². The van der Waals surface area contributed by atoms with E-state index in [4.69, 9.17) is 16.1 Å². The molecular weight excluding hydrogens is 492 g/mol. The van der Waals surface area contributed by atoms with Crippen LogP contribution in [0.25, 0.3) is 16.7 Å². The summed E-state index contributed by atoms with van der Waals surface area (Å²) >= 11 is 0. The Morgan fingerprint density at radius 1 is 0.737 bits per heavy atom. The van der Waals surface area contributed by atoms with Gasteiger partial charge >= 0.3 is 6.18 Å². The average Bonchev–Trinajstić information content (AvgIpc) is 2.92. The van der Waals surface area contributed by atoms with E-state index in [0.29, 0.717) is 61.2 Å². The third kappa shape index (κ3) is 6.58. The van der Waals surface area contributed by atoms with Gasteiger partial charge in [-0.1, -0.05) is 52.0 Å². The van der Waals surface area contributed by atoms with Gasteiger partial charge in [0.1, 0.15) is 5.75 Å². The van der Waals surface area contributed by atoms with Crippen molar-refractivity contribution in [1.29, 1.82) is 0 Å². The van der Waals surface area contributed by atoms with Gasteiger partial charge in [-0.2, -0.15) is 13.2 Å². The molecule has 0 heterocycles. The predicted octanol–water partition coefficient (Wildman–Crippen LogP) is 9.15. The molecule has 0 aliphatic rings. The summed E-state index contributed by atoms with van der Waals surface area (Å²) in [7, 11) is 0. The van der Waals surface area contributed by atoms with Crippen molar-refractivity contribution < 1.29 is 27.0 Å². The van der Waals surface area contributed by atoms with Crippen molar-refractivity contribution in [2.24, 2.45) is 0 Å². The molecule has 0 N–H and O–H groups in total. The maximum absolute atomic E-state index is 15.5. The summed E-state index contributed by atoms with van der Waals surface area (Å²) in [4.78, 5) is 0. The number of allylic oxidation sites excluding steroid dienone is 1. The number of ether oxygens (including phenoxy) is 2. The third-order valence-electron chi connectivity index (χ3n) is 6.63. The summed E-state index contributed by atoms with van der Waals surface area (Å²) in [6.07, 6.45) is -1.49. The lowest BCUT2D eigenvalue weighted by molar-refractivity contribution is -0.137. The fraction of sp³-hybridized carbons (Fsp3) is 0.375. The van der Waals surface area contributed by atoms with Crippen LogP contribution in [-0.4, -0.2) is 13.2 Å². The van der Waals surface area contributed by atoms with Gasteiger partial charge in [0, 0.05) is 12.0 Å². The Morgan fingerprint density at radius 2 is 1.26 bits per heavy atom. The molecule has 0 saturated carbocycles. The molecule has 3 rings (SSSR count). The van der Waals surface area contributed by atoms with Gasteiger partial charge < -0.3 is 9.47 Å². The minimum Gasteiger partial charge on any atom is -0.493 e. The van der Waals surface area contributed by atoms with Crippen molar-refractivity contribution >= 4 is 5.57 Å². The monoisotopic (exact) mass is 526 g/mol. The van der Waals surface area contributed by atoms with Crippen LogP contribution < -0.4 is 9.47 Å². The summed E-state index contributed by atoms with van der Waals surface area (Å²) < 4.78 is 65.5. The van der Waals surface area contributed by atoms with Crippen LogP contribution in [0.15, 0.2) is 48.5 Å². The van der Waals surface area contributed by atoms with E-state index in [0.717, 1.165) is 34.4 Å². The molecule has 0 aliphatic heterocycles. The highest BCUT2D eigenvalue weighted by Crippen LogP contribution is 2.38. The van der Waals surface area contributed by atoms with Gasteiger partial charge in [-0.15, -0.1) is 0 Å². The molecule has 3 aromatic carbocycles. The predicted molar refractivity (Wildman–Crippen MR) is 144 cm³/mol. The van der Waals surface area contributed by atoms with Gasteiger partial charge in [0.25, 0.3) is 0 Å².